The molecule has 29 heavy (non-hydrogen) atoms. The Hall–Kier alpha value is -3.06. The van der Waals surface area contributed by atoms with Crippen LogP contribution in [-0.2, 0) is 15.4 Å². The van der Waals surface area contributed by atoms with Crippen molar-refractivity contribution in [2.75, 3.05) is 4.72 Å². The van der Waals surface area contributed by atoms with E-state index in [0.717, 1.165) is 23.0 Å². The zero-order valence-corrected chi connectivity index (χ0v) is 17.3. The van der Waals surface area contributed by atoms with Gasteiger partial charge in [0.2, 0.25) is 0 Å². The normalized spacial score (nSPS) is 12.5. The zero-order valence-electron chi connectivity index (χ0n) is 16.4. The highest BCUT2D eigenvalue weighted by Gasteiger charge is 2.21. The van der Waals surface area contributed by atoms with Gasteiger partial charge in [-0.25, -0.2) is 13.2 Å². The molecule has 0 aliphatic rings. The SMILES string of the molecule is CCC(C)(C)c1cc2cc(NS(=O)(=O)c3ccc4oc(=O)ccc4c3)ccc2[nH]1. The molecule has 4 rings (SSSR count). The average molecular weight is 410 g/mol. The van der Waals surface area contributed by atoms with Crippen LogP contribution in [0.15, 0.2) is 68.7 Å². The number of hydrogen-bond donors (Lipinski definition) is 2. The van der Waals surface area contributed by atoms with Crippen molar-refractivity contribution in [3.05, 3.63) is 70.7 Å². The lowest BCUT2D eigenvalue weighted by Crippen LogP contribution is -2.15. The molecule has 0 aliphatic heterocycles. The topological polar surface area (TPSA) is 92.2 Å². The summed E-state index contributed by atoms with van der Waals surface area (Å²) in [5.74, 6) is 0. The summed E-state index contributed by atoms with van der Waals surface area (Å²) in [6, 6.07) is 14.7. The van der Waals surface area contributed by atoms with Gasteiger partial charge in [-0.2, -0.15) is 0 Å². The quantitative estimate of drug-likeness (QED) is 0.464. The number of aromatic amines is 1. The second-order valence-electron chi connectivity index (χ2n) is 7.78. The molecule has 0 fully saturated rings. The van der Waals surface area contributed by atoms with Crippen molar-refractivity contribution >= 4 is 37.6 Å². The van der Waals surface area contributed by atoms with Crippen LogP contribution in [0.5, 0.6) is 0 Å². The van der Waals surface area contributed by atoms with Crippen LogP contribution >= 0.6 is 0 Å². The molecular formula is C22H22N2O4S. The Kier molecular flexibility index (Phi) is 4.50. The monoisotopic (exact) mass is 410 g/mol. The van der Waals surface area contributed by atoms with Crippen molar-refractivity contribution in [1.82, 2.24) is 4.98 Å². The van der Waals surface area contributed by atoms with Crippen molar-refractivity contribution < 1.29 is 12.8 Å². The van der Waals surface area contributed by atoms with Crippen molar-refractivity contribution in [3.63, 3.8) is 0 Å². The molecule has 2 N–H and O–H groups in total. The summed E-state index contributed by atoms with van der Waals surface area (Å²) in [4.78, 5) is 14.8. The minimum Gasteiger partial charge on any atom is -0.423 e. The van der Waals surface area contributed by atoms with E-state index >= 15 is 0 Å². The summed E-state index contributed by atoms with van der Waals surface area (Å²) in [6.07, 6.45) is 0.987. The number of rotatable bonds is 5. The van der Waals surface area contributed by atoms with E-state index in [-0.39, 0.29) is 10.3 Å². The summed E-state index contributed by atoms with van der Waals surface area (Å²) < 4.78 is 33.4. The molecule has 0 radical (unpaired) electrons. The highest BCUT2D eigenvalue weighted by Crippen LogP contribution is 2.30. The third-order valence-electron chi connectivity index (χ3n) is 5.39. The van der Waals surface area contributed by atoms with Crippen LogP contribution in [0, 0.1) is 0 Å². The Morgan fingerprint density at radius 3 is 2.55 bits per heavy atom. The van der Waals surface area contributed by atoms with E-state index in [9.17, 15) is 13.2 Å². The summed E-state index contributed by atoms with van der Waals surface area (Å²) in [6.45, 7) is 6.48. The number of H-pyrrole nitrogens is 1. The molecule has 0 aliphatic carbocycles. The first-order valence-corrected chi connectivity index (χ1v) is 10.9. The van der Waals surface area contributed by atoms with Gasteiger partial charge in [-0.05, 0) is 55.0 Å². The predicted molar refractivity (Wildman–Crippen MR) is 115 cm³/mol. The predicted octanol–water partition coefficient (Wildman–Crippen LogP) is 4.76. The second-order valence-corrected chi connectivity index (χ2v) is 9.46. The van der Waals surface area contributed by atoms with Gasteiger partial charge in [0.1, 0.15) is 5.58 Å². The molecule has 0 amide bonds. The maximum Gasteiger partial charge on any atom is 0.336 e. The standard InChI is InChI=1S/C22H22N2O4S/c1-4-22(2,3)20-13-15-11-16(6-8-18(15)23-20)24-29(26,27)17-7-9-19-14(12-17)5-10-21(25)28-19/h5-13,23-24H,4H2,1-3H3. The molecule has 0 bridgehead atoms. The third-order valence-corrected chi connectivity index (χ3v) is 6.77. The minimum atomic E-state index is -3.79. The van der Waals surface area contributed by atoms with E-state index in [1.54, 1.807) is 12.1 Å². The number of anilines is 1. The molecule has 0 spiro atoms. The highest BCUT2D eigenvalue weighted by atomic mass is 32.2. The summed E-state index contributed by atoms with van der Waals surface area (Å²) in [7, 11) is -3.79. The fourth-order valence-corrected chi connectivity index (χ4v) is 4.27. The van der Waals surface area contributed by atoms with E-state index in [0.29, 0.717) is 16.7 Å². The van der Waals surface area contributed by atoms with Crippen LogP contribution in [0.25, 0.3) is 21.9 Å². The largest absolute Gasteiger partial charge is 0.423 e. The highest BCUT2D eigenvalue weighted by molar-refractivity contribution is 7.92. The van der Waals surface area contributed by atoms with Crippen molar-refractivity contribution in [1.29, 1.82) is 0 Å². The first kappa shape index (κ1) is 19.3. The molecule has 7 heteroatoms. The Labute approximate surface area is 168 Å². The van der Waals surface area contributed by atoms with Crippen LogP contribution in [0.2, 0.25) is 0 Å². The van der Waals surface area contributed by atoms with Crippen LogP contribution in [0.1, 0.15) is 32.9 Å². The Morgan fingerprint density at radius 1 is 1.00 bits per heavy atom. The third kappa shape index (κ3) is 3.65. The van der Waals surface area contributed by atoms with Crippen LogP contribution in [0.4, 0.5) is 5.69 Å². The van der Waals surface area contributed by atoms with E-state index in [1.807, 2.05) is 12.1 Å². The van der Waals surface area contributed by atoms with Gasteiger partial charge >= 0.3 is 5.63 Å². The first-order chi connectivity index (χ1) is 13.7. The maximum absolute atomic E-state index is 12.8. The number of nitrogens with one attached hydrogen (secondary N) is 2. The molecular weight excluding hydrogens is 388 g/mol. The lowest BCUT2D eigenvalue weighted by Gasteiger charge is -2.20. The lowest BCUT2D eigenvalue weighted by atomic mass is 9.86. The fraction of sp³-hybridized carbons (Fsp3) is 0.227. The Balaban J connectivity index is 1.68. The first-order valence-electron chi connectivity index (χ1n) is 9.38. The molecule has 2 heterocycles. The van der Waals surface area contributed by atoms with Crippen molar-refractivity contribution in [2.45, 2.75) is 37.5 Å². The van der Waals surface area contributed by atoms with Gasteiger partial charge in [-0.15, -0.1) is 0 Å². The van der Waals surface area contributed by atoms with Gasteiger partial charge in [0.15, 0.2) is 0 Å². The summed E-state index contributed by atoms with van der Waals surface area (Å²) >= 11 is 0. The molecule has 150 valence electrons. The van der Waals surface area contributed by atoms with E-state index in [4.69, 9.17) is 4.42 Å². The van der Waals surface area contributed by atoms with E-state index in [1.165, 1.54) is 24.3 Å². The van der Waals surface area contributed by atoms with Gasteiger partial charge in [-0.1, -0.05) is 20.8 Å². The summed E-state index contributed by atoms with van der Waals surface area (Å²) in [5.41, 5.74) is 2.44. The molecule has 4 aromatic rings. The van der Waals surface area contributed by atoms with Crippen LogP contribution in [-0.4, -0.2) is 13.4 Å². The van der Waals surface area contributed by atoms with Gasteiger partial charge < -0.3 is 9.40 Å². The van der Waals surface area contributed by atoms with E-state index in [2.05, 4.69) is 36.5 Å². The number of hydrogen-bond acceptors (Lipinski definition) is 4. The average Bonchev–Trinajstić information content (AvgIpc) is 3.11. The smallest absolute Gasteiger partial charge is 0.336 e. The van der Waals surface area contributed by atoms with Gasteiger partial charge in [0, 0.05) is 39.2 Å². The Morgan fingerprint density at radius 2 is 1.79 bits per heavy atom. The number of sulfonamides is 1. The molecule has 0 saturated carbocycles. The molecule has 2 aromatic carbocycles. The molecule has 0 saturated heterocycles. The molecule has 6 nitrogen and oxygen atoms in total. The van der Waals surface area contributed by atoms with Gasteiger partial charge in [0.25, 0.3) is 10.0 Å². The van der Waals surface area contributed by atoms with Gasteiger partial charge in [-0.3, -0.25) is 4.72 Å². The summed E-state index contributed by atoms with van der Waals surface area (Å²) in [5, 5.41) is 1.49. The van der Waals surface area contributed by atoms with Crippen LogP contribution in [0.3, 0.4) is 0 Å². The lowest BCUT2D eigenvalue weighted by molar-refractivity contribution is 0.494. The molecule has 0 atom stereocenters. The Bertz CT molecular complexity index is 1380. The number of benzene rings is 2. The number of fused-ring (bicyclic) bond motifs is 2. The van der Waals surface area contributed by atoms with Crippen LogP contribution < -0.4 is 10.3 Å². The minimum absolute atomic E-state index is 0.0127. The van der Waals surface area contributed by atoms with Crippen molar-refractivity contribution in [3.8, 4) is 0 Å². The maximum atomic E-state index is 12.8. The molecule has 0 unspecified atom stereocenters. The zero-order chi connectivity index (χ0) is 20.8. The number of aromatic nitrogens is 1. The van der Waals surface area contributed by atoms with E-state index < -0.39 is 15.6 Å². The van der Waals surface area contributed by atoms with Crippen molar-refractivity contribution in [2.24, 2.45) is 0 Å². The van der Waals surface area contributed by atoms with Gasteiger partial charge in [0.05, 0.1) is 4.90 Å². The fourth-order valence-electron chi connectivity index (χ4n) is 3.18. The second kappa shape index (κ2) is 6.77. The molecule has 2 aromatic heterocycles.